The minimum Gasteiger partial charge on any atom is -0.366 e. The topological polar surface area (TPSA) is 24.9 Å². The average molecular weight is 270 g/mol. The number of nitrogens with zero attached hydrogens (tertiary/aromatic N) is 1. The molecule has 2 nitrogen and oxygen atoms in total. The van der Waals surface area contributed by atoms with Crippen molar-refractivity contribution in [2.45, 2.75) is 10.3 Å². The summed E-state index contributed by atoms with van der Waals surface area (Å²) in [5, 5.41) is 4.92. The average Bonchev–Trinajstić information content (AvgIpc) is 3.02. The van der Waals surface area contributed by atoms with Gasteiger partial charge in [0.1, 0.15) is 10.4 Å². The molecule has 0 saturated heterocycles. The second kappa shape index (κ2) is 4.00. The number of thioether (sulfide) groups is 1. The summed E-state index contributed by atoms with van der Waals surface area (Å²) in [7, 11) is 0. The quantitative estimate of drug-likeness (QED) is 0.704. The van der Waals surface area contributed by atoms with E-state index >= 15 is 0 Å². The van der Waals surface area contributed by atoms with Gasteiger partial charge in [0.2, 0.25) is 0 Å². The van der Waals surface area contributed by atoms with Crippen LogP contribution >= 0.6 is 23.1 Å². The molecule has 88 valence electrons. The Morgan fingerprint density at radius 1 is 1.00 bits per heavy atom. The SMILES string of the molecule is c1ccc2c(c1)NC(c1nc3ccccc3s1)S2. The van der Waals surface area contributed by atoms with E-state index in [4.69, 9.17) is 4.98 Å². The Morgan fingerprint density at radius 2 is 1.83 bits per heavy atom. The van der Waals surface area contributed by atoms with Gasteiger partial charge in [-0.3, -0.25) is 0 Å². The highest BCUT2D eigenvalue weighted by molar-refractivity contribution is 8.00. The number of hydrogen-bond donors (Lipinski definition) is 1. The van der Waals surface area contributed by atoms with E-state index in [1.165, 1.54) is 15.3 Å². The summed E-state index contributed by atoms with van der Waals surface area (Å²) >= 11 is 3.61. The van der Waals surface area contributed by atoms with Crippen LogP contribution in [0.2, 0.25) is 0 Å². The summed E-state index contributed by atoms with van der Waals surface area (Å²) in [6, 6.07) is 16.7. The number of hydrogen-bond acceptors (Lipinski definition) is 4. The van der Waals surface area contributed by atoms with Crippen molar-refractivity contribution in [3.05, 3.63) is 53.5 Å². The van der Waals surface area contributed by atoms with Crippen molar-refractivity contribution < 1.29 is 0 Å². The lowest BCUT2D eigenvalue weighted by Gasteiger charge is -2.05. The van der Waals surface area contributed by atoms with Gasteiger partial charge in [0.05, 0.1) is 10.2 Å². The fraction of sp³-hybridized carbons (Fsp3) is 0.0714. The van der Waals surface area contributed by atoms with E-state index in [1.807, 2.05) is 17.8 Å². The second-order valence-electron chi connectivity index (χ2n) is 4.16. The number of thiazole rings is 1. The van der Waals surface area contributed by atoms with Gasteiger partial charge in [0.25, 0.3) is 0 Å². The van der Waals surface area contributed by atoms with E-state index in [0.29, 0.717) is 0 Å². The molecule has 1 aliphatic rings. The van der Waals surface area contributed by atoms with Crippen LogP contribution in [0.15, 0.2) is 53.4 Å². The lowest BCUT2D eigenvalue weighted by molar-refractivity contribution is 1.10. The van der Waals surface area contributed by atoms with Gasteiger partial charge in [-0.15, -0.1) is 11.3 Å². The van der Waals surface area contributed by atoms with Crippen molar-refractivity contribution in [1.82, 2.24) is 4.98 Å². The number of benzene rings is 2. The molecule has 0 amide bonds. The molecule has 0 spiro atoms. The van der Waals surface area contributed by atoms with Crippen LogP contribution in [0.4, 0.5) is 5.69 Å². The molecule has 1 aromatic heterocycles. The third kappa shape index (κ3) is 1.61. The summed E-state index contributed by atoms with van der Waals surface area (Å²) in [4.78, 5) is 6.02. The molecule has 2 aromatic carbocycles. The van der Waals surface area contributed by atoms with Crippen LogP contribution in [0.1, 0.15) is 10.4 Å². The maximum Gasteiger partial charge on any atom is 0.130 e. The zero-order chi connectivity index (χ0) is 11.9. The van der Waals surface area contributed by atoms with Crippen LogP contribution in [0.5, 0.6) is 0 Å². The summed E-state index contributed by atoms with van der Waals surface area (Å²) < 4.78 is 1.26. The highest BCUT2D eigenvalue weighted by atomic mass is 32.2. The fourth-order valence-electron chi connectivity index (χ4n) is 2.10. The van der Waals surface area contributed by atoms with Gasteiger partial charge < -0.3 is 5.32 Å². The first-order valence-corrected chi connectivity index (χ1v) is 7.47. The van der Waals surface area contributed by atoms with E-state index in [9.17, 15) is 0 Å². The number of nitrogens with one attached hydrogen (secondary N) is 1. The summed E-state index contributed by atoms with van der Waals surface area (Å²) in [6.07, 6.45) is 0. The fourth-order valence-corrected chi connectivity index (χ4v) is 4.29. The molecule has 1 aliphatic heterocycles. The third-order valence-electron chi connectivity index (χ3n) is 2.95. The first kappa shape index (κ1) is 10.4. The van der Waals surface area contributed by atoms with Crippen molar-refractivity contribution >= 4 is 39.0 Å². The summed E-state index contributed by atoms with van der Waals surface area (Å²) in [5.74, 6) is 0. The van der Waals surface area contributed by atoms with Crippen molar-refractivity contribution in [2.24, 2.45) is 0 Å². The first-order chi connectivity index (χ1) is 8.90. The lowest BCUT2D eigenvalue weighted by atomic mass is 10.3. The lowest BCUT2D eigenvalue weighted by Crippen LogP contribution is -1.99. The van der Waals surface area contributed by atoms with Gasteiger partial charge in [-0.2, -0.15) is 0 Å². The molecule has 1 unspecified atom stereocenters. The molecule has 0 saturated carbocycles. The standard InChI is InChI=1S/C14H10N2S2/c1-3-7-11-9(5-1)15-13(17-11)14-16-10-6-2-4-8-12(10)18-14/h1-8,13,15H. The van der Waals surface area contributed by atoms with Gasteiger partial charge in [-0.05, 0) is 24.3 Å². The maximum atomic E-state index is 4.71. The summed E-state index contributed by atoms with van der Waals surface area (Å²) in [6.45, 7) is 0. The van der Waals surface area contributed by atoms with Crippen LogP contribution in [-0.4, -0.2) is 4.98 Å². The zero-order valence-corrected chi connectivity index (χ0v) is 11.1. The molecule has 0 radical (unpaired) electrons. The van der Waals surface area contributed by atoms with Crippen LogP contribution in [-0.2, 0) is 0 Å². The first-order valence-electron chi connectivity index (χ1n) is 5.78. The molecule has 0 fully saturated rings. The number of aromatic nitrogens is 1. The summed E-state index contributed by atoms with van der Waals surface area (Å²) in [5.41, 5.74) is 2.31. The Balaban J connectivity index is 1.73. The van der Waals surface area contributed by atoms with Gasteiger partial charge >= 0.3 is 0 Å². The molecular formula is C14H10N2S2. The van der Waals surface area contributed by atoms with Crippen molar-refractivity contribution in [3.63, 3.8) is 0 Å². The molecule has 2 heterocycles. The molecule has 3 aromatic rings. The number of anilines is 1. The molecule has 0 aliphatic carbocycles. The Bertz CT molecular complexity index is 662. The largest absolute Gasteiger partial charge is 0.366 e. The molecule has 1 N–H and O–H groups in total. The minimum atomic E-state index is 0.250. The van der Waals surface area contributed by atoms with E-state index in [0.717, 1.165) is 10.5 Å². The monoisotopic (exact) mass is 270 g/mol. The highest BCUT2D eigenvalue weighted by Gasteiger charge is 2.24. The highest BCUT2D eigenvalue weighted by Crippen LogP contribution is 2.47. The molecule has 4 rings (SSSR count). The van der Waals surface area contributed by atoms with Crippen LogP contribution in [0.25, 0.3) is 10.2 Å². The van der Waals surface area contributed by atoms with E-state index in [1.54, 1.807) is 11.3 Å². The van der Waals surface area contributed by atoms with Gasteiger partial charge in [0, 0.05) is 10.6 Å². The smallest absolute Gasteiger partial charge is 0.130 e. The van der Waals surface area contributed by atoms with E-state index < -0.39 is 0 Å². The maximum absolute atomic E-state index is 4.71. The number of rotatable bonds is 1. The zero-order valence-electron chi connectivity index (χ0n) is 9.46. The predicted molar refractivity (Wildman–Crippen MR) is 78.3 cm³/mol. The van der Waals surface area contributed by atoms with Gasteiger partial charge in [-0.25, -0.2) is 4.98 Å². The molecular weight excluding hydrogens is 260 g/mol. The van der Waals surface area contributed by atoms with Crippen LogP contribution in [0, 0.1) is 0 Å². The van der Waals surface area contributed by atoms with Crippen molar-refractivity contribution in [2.75, 3.05) is 5.32 Å². The molecule has 4 heteroatoms. The van der Waals surface area contributed by atoms with Gasteiger partial charge in [0.15, 0.2) is 0 Å². The predicted octanol–water partition coefficient (Wildman–Crippen LogP) is 4.51. The third-order valence-corrected chi connectivity index (χ3v) is 5.39. The van der Waals surface area contributed by atoms with Crippen LogP contribution in [0.3, 0.4) is 0 Å². The molecule has 0 bridgehead atoms. The Hall–Kier alpha value is -1.52. The normalized spacial score (nSPS) is 17.7. The number of fused-ring (bicyclic) bond motifs is 2. The molecule has 18 heavy (non-hydrogen) atoms. The Morgan fingerprint density at radius 3 is 2.72 bits per heavy atom. The second-order valence-corrected chi connectivity index (χ2v) is 6.37. The van der Waals surface area contributed by atoms with Crippen molar-refractivity contribution in [1.29, 1.82) is 0 Å². The molecule has 1 atom stereocenters. The van der Waals surface area contributed by atoms with E-state index in [-0.39, 0.29) is 5.37 Å². The number of para-hydroxylation sites is 2. The Labute approximate surface area is 113 Å². The van der Waals surface area contributed by atoms with Crippen LogP contribution < -0.4 is 5.32 Å². The van der Waals surface area contributed by atoms with Gasteiger partial charge in [-0.1, -0.05) is 36.0 Å². The van der Waals surface area contributed by atoms with E-state index in [2.05, 4.69) is 47.8 Å². The minimum absolute atomic E-state index is 0.250. The van der Waals surface area contributed by atoms with Crippen molar-refractivity contribution in [3.8, 4) is 0 Å². The Kier molecular flexibility index (Phi) is 2.31.